The van der Waals surface area contributed by atoms with Gasteiger partial charge in [0.15, 0.2) is 0 Å². The minimum Gasteiger partial charge on any atom is -0.466 e. The molecule has 2 rings (SSSR count). The zero-order valence-corrected chi connectivity index (χ0v) is 10.9. The molecule has 1 amide bonds. The Hall–Kier alpha value is -2.03. The van der Waals surface area contributed by atoms with Crippen molar-refractivity contribution in [2.45, 2.75) is 27.2 Å². The molecule has 1 aromatic heterocycles. The number of furan rings is 1. The van der Waals surface area contributed by atoms with Crippen LogP contribution in [0.25, 0.3) is 0 Å². The highest BCUT2D eigenvalue weighted by Crippen LogP contribution is 2.23. The van der Waals surface area contributed by atoms with Crippen LogP contribution in [0.5, 0.6) is 0 Å². The molecule has 3 heteroatoms. The van der Waals surface area contributed by atoms with Gasteiger partial charge in [-0.25, -0.2) is 0 Å². The molecule has 1 N–H and O–H groups in total. The summed E-state index contributed by atoms with van der Waals surface area (Å²) < 4.78 is 5.53. The molecule has 0 saturated carbocycles. The highest BCUT2D eigenvalue weighted by atomic mass is 16.3. The van der Waals surface area contributed by atoms with Crippen LogP contribution in [0.2, 0.25) is 0 Å². The topological polar surface area (TPSA) is 42.2 Å². The van der Waals surface area contributed by atoms with E-state index in [1.165, 1.54) is 0 Å². The molecule has 1 heterocycles. The third-order valence-electron chi connectivity index (χ3n) is 3.00. The van der Waals surface area contributed by atoms with Crippen molar-refractivity contribution in [3.8, 4) is 0 Å². The fourth-order valence-electron chi connectivity index (χ4n) is 2.17. The first-order valence-corrected chi connectivity index (χ1v) is 6.08. The van der Waals surface area contributed by atoms with Crippen molar-refractivity contribution in [2.24, 2.45) is 0 Å². The molecular weight excluding hydrogens is 226 g/mol. The minimum absolute atomic E-state index is 0.104. The van der Waals surface area contributed by atoms with Gasteiger partial charge in [-0.15, -0.1) is 0 Å². The third-order valence-corrected chi connectivity index (χ3v) is 3.00. The fourth-order valence-corrected chi connectivity index (χ4v) is 2.17. The van der Waals surface area contributed by atoms with Crippen molar-refractivity contribution in [3.05, 3.63) is 53.0 Å². The van der Waals surface area contributed by atoms with E-state index in [-0.39, 0.29) is 5.91 Å². The van der Waals surface area contributed by atoms with E-state index in [0.717, 1.165) is 23.4 Å². The number of hydrogen-bond acceptors (Lipinski definition) is 2. The van der Waals surface area contributed by atoms with Crippen LogP contribution in [0, 0.1) is 13.8 Å². The summed E-state index contributed by atoms with van der Waals surface area (Å²) in [6.45, 7) is 5.74. The maximum atomic E-state index is 12.3. The van der Waals surface area contributed by atoms with Gasteiger partial charge < -0.3 is 9.73 Å². The average Bonchev–Trinajstić information content (AvgIpc) is 2.64. The first-order valence-electron chi connectivity index (χ1n) is 6.08. The molecule has 0 radical (unpaired) electrons. The highest BCUT2D eigenvalue weighted by molar-refractivity contribution is 6.06. The maximum absolute atomic E-state index is 12.3. The summed E-state index contributed by atoms with van der Waals surface area (Å²) in [5, 5.41) is 2.89. The smallest absolute Gasteiger partial charge is 0.259 e. The molecule has 0 aliphatic rings. The average molecular weight is 243 g/mol. The normalized spacial score (nSPS) is 10.4. The van der Waals surface area contributed by atoms with Crippen molar-refractivity contribution in [1.82, 2.24) is 0 Å². The van der Waals surface area contributed by atoms with Gasteiger partial charge in [0.05, 0.1) is 5.56 Å². The molecule has 0 fully saturated rings. The van der Waals surface area contributed by atoms with Crippen LogP contribution in [-0.2, 0) is 6.42 Å². The van der Waals surface area contributed by atoms with E-state index in [9.17, 15) is 4.79 Å². The Balaban J connectivity index is 2.29. The van der Waals surface area contributed by atoms with Gasteiger partial charge in [-0.05, 0) is 32.4 Å². The predicted octanol–water partition coefficient (Wildman–Crippen LogP) is 3.71. The Kier molecular flexibility index (Phi) is 3.51. The van der Waals surface area contributed by atoms with Crippen LogP contribution in [-0.4, -0.2) is 5.91 Å². The van der Waals surface area contributed by atoms with Gasteiger partial charge in [0.2, 0.25) is 0 Å². The number of hydrogen-bond donors (Lipinski definition) is 1. The Labute approximate surface area is 107 Å². The van der Waals surface area contributed by atoms with Gasteiger partial charge in [0.1, 0.15) is 11.5 Å². The summed E-state index contributed by atoms with van der Waals surface area (Å²) >= 11 is 0. The maximum Gasteiger partial charge on any atom is 0.259 e. The molecule has 0 unspecified atom stereocenters. The van der Waals surface area contributed by atoms with Crippen LogP contribution in [0.3, 0.4) is 0 Å². The van der Waals surface area contributed by atoms with E-state index in [2.05, 4.69) is 5.32 Å². The molecule has 0 spiro atoms. The number of amides is 1. The van der Waals surface area contributed by atoms with Crippen LogP contribution >= 0.6 is 0 Å². The summed E-state index contributed by atoms with van der Waals surface area (Å²) in [6, 6.07) is 9.44. The standard InChI is InChI=1S/C15H17NO2/c1-4-13-10(2)18-11(3)14(13)15(17)16-12-8-6-5-7-9-12/h5-9H,4H2,1-3H3,(H,16,17). The van der Waals surface area contributed by atoms with Crippen molar-refractivity contribution in [3.63, 3.8) is 0 Å². The second kappa shape index (κ2) is 5.08. The Morgan fingerprint density at radius 3 is 2.44 bits per heavy atom. The number of carbonyl (C=O) groups is 1. The van der Waals surface area contributed by atoms with Gasteiger partial charge in [0.25, 0.3) is 5.91 Å². The van der Waals surface area contributed by atoms with Gasteiger partial charge in [-0.1, -0.05) is 25.1 Å². The summed E-state index contributed by atoms with van der Waals surface area (Å²) in [5.74, 6) is 1.40. The summed E-state index contributed by atoms with van der Waals surface area (Å²) in [4.78, 5) is 12.3. The Bertz CT molecular complexity index is 555. The number of nitrogens with one attached hydrogen (secondary N) is 1. The van der Waals surface area contributed by atoms with Gasteiger partial charge in [-0.2, -0.15) is 0 Å². The van der Waals surface area contributed by atoms with Crippen molar-refractivity contribution >= 4 is 11.6 Å². The van der Waals surface area contributed by atoms with E-state index in [4.69, 9.17) is 4.42 Å². The third kappa shape index (κ3) is 2.30. The number of benzene rings is 1. The zero-order valence-electron chi connectivity index (χ0n) is 10.9. The molecular formula is C15H17NO2. The van der Waals surface area contributed by atoms with Crippen LogP contribution in [0.4, 0.5) is 5.69 Å². The number of rotatable bonds is 3. The predicted molar refractivity (Wildman–Crippen MR) is 72.0 cm³/mol. The quantitative estimate of drug-likeness (QED) is 0.892. The van der Waals surface area contributed by atoms with Crippen molar-refractivity contribution in [1.29, 1.82) is 0 Å². The molecule has 0 aliphatic heterocycles. The summed E-state index contributed by atoms with van der Waals surface area (Å²) in [6.07, 6.45) is 0.792. The summed E-state index contributed by atoms with van der Waals surface area (Å²) in [7, 11) is 0. The van der Waals surface area contributed by atoms with E-state index in [1.54, 1.807) is 0 Å². The first kappa shape index (κ1) is 12.4. The lowest BCUT2D eigenvalue weighted by molar-refractivity contribution is 0.102. The van der Waals surface area contributed by atoms with Crippen molar-refractivity contribution < 1.29 is 9.21 Å². The molecule has 2 aromatic rings. The highest BCUT2D eigenvalue weighted by Gasteiger charge is 2.20. The Morgan fingerprint density at radius 2 is 1.83 bits per heavy atom. The van der Waals surface area contributed by atoms with Gasteiger partial charge in [0, 0.05) is 11.3 Å². The monoisotopic (exact) mass is 243 g/mol. The number of anilines is 1. The first-order chi connectivity index (χ1) is 8.63. The lowest BCUT2D eigenvalue weighted by Crippen LogP contribution is -2.14. The summed E-state index contributed by atoms with van der Waals surface area (Å²) in [5.41, 5.74) is 2.45. The number of aryl methyl sites for hydroxylation is 2. The van der Waals surface area contributed by atoms with E-state index in [0.29, 0.717) is 11.3 Å². The van der Waals surface area contributed by atoms with E-state index >= 15 is 0 Å². The molecule has 94 valence electrons. The lowest BCUT2D eigenvalue weighted by Gasteiger charge is -2.05. The SMILES string of the molecule is CCc1c(C)oc(C)c1C(=O)Nc1ccccc1. The van der Waals surface area contributed by atoms with Crippen LogP contribution in [0.15, 0.2) is 34.7 Å². The molecule has 0 bridgehead atoms. The van der Waals surface area contributed by atoms with E-state index in [1.807, 2.05) is 51.1 Å². The number of para-hydroxylation sites is 1. The van der Waals surface area contributed by atoms with Crippen molar-refractivity contribution in [2.75, 3.05) is 5.32 Å². The van der Waals surface area contributed by atoms with Crippen LogP contribution < -0.4 is 5.32 Å². The Morgan fingerprint density at radius 1 is 1.17 bits per heavy atom. The largest absolute Gasteiger partial charge is 0.466 e. The number of carbonyl (C=O) groups excluding carboxylic acids is 1. The molecule has 18 heavy (non-hydrogen) atoms. The van der Waals surface area contributed by atoms with Gasteiger partial charge in [-0.3, -0.25) is 4.79 Å². The van der Waals surface area contributed by atoms with Crippen LogP contribution in [0.1, 0.15) is 34.4 Å². The molecule has 0 saturated heterocycles. The van der Waals surface area contributed by atoms with Gasteiger partial charge >= 0.3 is 0 Å². The molecule has 3 nitrogen and oxygen atoms in total. The second-order valence-corrected chi connectivity index (χ2v) is 4.24. The molecule has 0 aliphatic carbocycles. The lowest BCUT2D eigenvalue weighted by atomic mass is 10.1. The second-order valence-electron chi connectivity index (χ2n) is 4.24. The molecule has 0 atom stereocenters. The zero-order chi connectivity index (χ0) is 13.1. The minimum atomic E-state index is -0.104. The van der Waals surface area contributed by atoms with E-state index < -0.39 is 0 Å². The molecule has 1 aromatic carbocycles. The fraction of sp³-hybridized carbons (Fsp3) is 0.267.